The second-order valence-corrected chi connectivity index (χ2v) is 6.98. The number of oxime groups is 1. The topological polar surface area (TPSA) is 128 Å². The fourth-order valence-corrected chi connectivity index (χ4v) is 3.77. The van der Waals surface area contributed by atoms with Crippen molar-refractivity contribution >= 4 is 45.8 Å². The van der Waals surface area contributed by atoms with Gasteiger partial charge in [-0.3, -0.25) is 4.79 Å². The number of esters is 1. The summed E-state index contributed by atoms with van der Waals surface area (Å²) in [5, 5.41) is 11.4. The number of hydrogen-bond acceptors (Lipinski definition) is 10. The molecule has 1 amide bonds. The van der Waals surface area contributed by atoms with E-state index in [4.69, 9.17) is 15.3 Å². The summed E-state index contributed by atoms with van der Waals surface area (Å²) in [5.41, 5.74) is 7.44. The monoisotopic (exact) mass is 369 g/mol. The smallest absolute Gasteiger partial charge is 0.354 e. The van der Waals surface area contributed by atoms with E-state index in [1.807, 2.05) is 0 Å². The van der Waals surface area contributed by atoms with Gasteiger partial charge in [0.25, 0.3) is 5.91 Å². The van der Waals surface area contributed by atoms with Crippen molar-refractivity contribution in [2.45, 2.75) is 5.37 Å². The number of nitrogens with two attached hydrogens (primary N) is 1. The molecule has 0 saturated carbocycles. The summed E-state index contributed by atoms with van der Waals surface area (Å²) in [4.78, 5) is 32.7. The van der Waals surface area contributed by atoms with Gasteiger partial charge < -0.3 is 25.9 Å². The second kappa shape index (κ2) is 7.09. The van der Waals surface area contributed by atoms with E-state index in [0.29, 0.717) is 35.4 Å². The second-order valence-electron chi connectivity index (χ2n) is 4.90. The van der Waals surface area contributed by atoms with Crippen molar-refractivity contribution in [3.63, 3.8) is 0 Å². The summed E-state index contributed by atoms with van der Waals surface area (Å²) in [6.07, 6.45) is 0. The summed E-state index contributed by atoms with van der Waals surface area (Å²) in [5.74, 6) is -0.0875. The highest BCUT2D eigenvalue weighted by Gasteiger charge is 2.31. The molecule has 1 aromatic rings. The first kappa shape index (κ1) is 16.6. The van der Waals surface area contributed by atoms with E-state index in [9.17, 15) is 9.59 Å². The molecule has 3 rings (SSSR count). The molecule has 0 spiro atoms. The molecule has 0 aromatic carbocycles. The Morgan fingerprint density at radius 1 is 1.67 bits per heavy atom. The molecule has 1 atom stereocenters. The van der Waals surface area contributed by atoms with Crippen LogP contribution in [0.3, 0.4) is 0 Å². The average Bonchev–Trinajstić information content (AvgIpc) is 3.16. The molecule has 0 aliphatic carbocycles. The van der Waals surface area contributed by atoms with E-state index in [1.54, 1.807) is 17.1 Å². The number of amides is 1. The lowest BCUT2D eigenvalue weighted by Gasteiger charge is -2.24. The van der Waals surface area contributed by atoms with Gasteiger partial charge in [0.1, 0.15) is 25.1 Å². The van der Waals surface area contributed by atoms with Gasteiger partial charge in [-0.05, 0) is 0 Å². The first-order chi connectivity index (χ1) is 11.6. The number of thioether (sulfide) groups is 1. The number of anilines is 1. The van der Waals surface area contributed by atoms with Crippen LogP contribution in [0.5, 0.6) is 0 Å². The third-order valence-corrected chi connectivity index (χ3v) is 5.19. The third-order valence-electron chi connectivity index (χ3n) is 3.31. The minimum Gasteiger partial charge on any atom is -0.456 e. The lowest BCUT2D eigenvalue weighted by molar-refractivity contribution is -0.136. The van der Waals surface area contributed by atoms with Gasteiger partial charge in [0, 0.05) is 23.3 Å². The Hall–Kier alpha value is -2.27. The number of aromatic nitrogens is 1. The number of carbonyl (C=O) groups excluding carboxylic acids is 2. The Morgan fingerprint density at radius 3 is 3.21 bits per heavy atom. The maximum Gasteiger partial charge on any atom is 0.354 e. The molecular weight excluding hydrogens is 354 g/mol. The molecule has 3 heterocycles. The molecule has 0 saturated heterocycles. The first-order valence-electron chi connectivity index (χ1n) is 6.96. The number of nitrogen functional groups attached to an aromatic ring is 1. The molecule has 0 fully saturated rings. The van der Waals surface area contributed by atoms with E-state index < -0.39 is 5.91 Å². The van der Waals surface area contributed by atoms with Gasteiger partial charge in [-0.15, -0.1) is 23.1 Å². The Balaban J connectivity index is 1.60. The SMILES string of the molecule is CO/N=C(\C(=O)NC[C@H]1NC2=C(COC2=O)CS1)c1csc(N)n1. The van der Waals surface area contributed by atoms with Crippen LogP contribution in [-0.4, -0.2) is 54.0 Å². The van der Waals surface area contributed by atoms with Gasteiger partial charge in [-0.1, -0.05) is 5.16 Å². The Kier molecular flexibility index (Phi) is 4.90. The molecule has 9 nitrogen and oxygen atoms in total. The zero-order chi connectivity index (χ0) is 17.1. The van der Waals surface area contributed by atoms with E-state index in [-0.39, 0.29) is 17.1 Å². The van der Waals surface area contributed by atoms with E-state index in [1.165, 1.54) is 18.4 Å². The maximum absolute atomic E-state index is 12.3. The quantitative estimate of drug-likeness (QED) is 0.366. The normalized spacial score (nSPS) is 20.3. The maximum atomic E-state index is 12.3. The number of rotatable bonds is 5. The number of nitrogens with zero attached hydrogens (tertiary/aromatic N) is 2. The van der Waals surface area contributed by atoms with E-state index >= 15 is 0 Å². The van der Waals surface area contributed by atoms with Gasteiger partial charge in [-0.25, -0.2) is 9.78 Å². The zero-order valence-electron chi connectivity index (χ0n) is 12.7. The number of cyclic esters (lactones) is 1. The molecule has 11 heteroatoms. The molecule has 0 radical (unpaired) electrons. The van der Waals surface area contributed by atoms with Crippen molar-refractivity contribution in [3.8, 4) is 0 Å². The molecule has 0 bridgehead atoms. The Morgan fingerprint density at radius 2 is 2.50 bits per heavy atom. The van der Waals surface area contributed by atoms with Crippen molar-refractivity contribution in [3.05, 3.63) is 22.3 Å². The standard InChI is InChI=1S/C13H15N5O4S2/c1-21-18-10(7-5-24-13(14)16-7)11(19)15-2-8-17-9-6(4-23-8)3-22-12(9)20/h5,8,17H,2-4H2,1H3,(H2,14,16)(H,15,19)/b18-10-/t8-/m0/s1. The molecule has 0 unspecified atom stereocenters. The Bertz CT molecular complexity index is 730. The lowest BCUT2D eigenvalue weighted by Crippen LogP contribution is -2.43. The van der Waals surface area contributed by atoms with Gasteiger partial charge in [0.05, 0.1) is 5.37 Å². The van der Waals surface area contributed by atoms with Gasteiger partial charge in [0.2, 0.25) is 0 Å². The van der Waals surface area contributed by atoms with Crippen LogP contribution in [0, 0.1) is 0 Å². The minimum absolute atomic E-state index is 0.0476. The van der Waals surface area contributed by atoms with Crippen molar-refractivity contribution < 1.29 is 19.2 Å². The van der Waals surface area contributed by atoms with Gasteiger partial charge in [0.15, 0.2) is 10.8 Å². The molecule has 4 N–H and O–H groups in total. The predicted molar refractivity (Wildman–Crippen MR) is 90.4 cm³/mol. The Labute approximate surface area is 145 Å². The summed E-state index contributed by atoms with van der Waals surface area (Å²) < 4.78 is 4.97. The summed E-state index contributed by atoms with van der Waals surface area (Å²) in [7, 11) is 1.35. The highest BCUT2D eigenvalue weighted by Crippen LogP contribution is 2.26. The van der Waals surface area contributed by atoms with Crippen LogP contribution in [0.1, 0.15) is 5.69 Å². The van der Waals surface area contributed by atoms with Crippen LogP contribution < -0.4 is 16.4 Å². The van der Waals surface area contributed by atoms with Crippen LogP contribution in [0.2, 0.25) is 0 Å². The molecule has 2 aliphatic rings. The van der Waals surface area contributed by atoms with Crippen LogP contribution >= 0.6 is 23.1 Å². The summed E-state index contributed by atoms with van der Waals surface area (Å²) >= 11 is 2.80. The predicted octanol–water partition coefficient (Wildman–Crippen LogP) is -0.335. The van der Waals surface area contributed by atoms with Crippen molar-refractivity contribution in [1.29, 1.82) is 0 Å². The number of carbonyl (C=O) groups is 2. The van der Waals surface area contributed by atoms with E-state index in [2.05, 4.69) is 20.8 Å². The van der Waals surface area contributed by atoms with Crippen LogP contribution in [0.4, 0.5) is 5.13 Å². The fraction of sp³-hybridized carbons (Fsp3) is 0.385. The van der Waals surface area contributed by atoms with Crippen molar-refractivity contribution in [1.82, 2.24) is 15.6 Å². The largest absolute Gasteiger partial charge is 0.456 e. The summed E-state index contributed by atoms with van der Waals surface area (Å²) in [6.45, 7) is 0.638. The highest BCUT2D eigenvalue weighted by molar-refractivity contribution is 8.00. The van der Waals surface area contributed by atoms with Crippen molar-refractivity contribution in [2.75, 3.05) is 31.7 Å². The first-order valence-corrected chi connectivity index (χ1v) is 8.89. The van der Waals surface area contributed by atoms with Crippen LogP contribution in [0.15, 0.2) is 21.8 Å². The molecule has 1 aromatic heterocycles. The van der Waals surface area contributed by atoms with Crippen LogP contribution in [0.25, 0.3) is 0 Å². The fourth-order valence-electron chi connectivity index (χ4n) is 2.19. The number of thiazole rings is 1. The number of ether oxygens (including phenoxy) is 1. The molecule has 24 heavy (non-hydrogen) atoms. The third kappa shape index (κ3) is 3.46. The molecule has 2 aliphatic heterocycles. The summed E-state index contributed by atoms with van der Waals surface area (Å²) in [6, 6.07) is 0. The number of hydrogen-bond donors (Lipinski definition) is 3. The highest BCUT2D eigenvalue weighted by atomic mass is 32.2. The van der Waals surface area contributed by atoms with Crippen LogP contribution in [-0.2, 0) is 19.2 Å². The molecule has 128 valence electrons. The average molecular weight is 369 g/mol. The lowest BCUT2D eigenvalue weighted by atomic mass is 10.2. The zero-order valence-corrected chi connectivity index (χ0v) is 14.3. The van der Waals surface area contributed by atoms with Gasteiger partial charge >= 0.3 is 5.97 Å². The van der Waals surface area contributed by atoms with E-state index in [0.717, 1.165) is 5.57 Å². The minimum atomic E-state index is -0.432. The van der Waals surface area contributed by atoms with Gasteiger partial charge in [-0.2, -0.15) is 0 Å². The van der Waals surface area contributed by atoms with Crippen molar-refractivity contribution in [2.24, 2.45) is 5.16 Å². The molecular formula is C13H15N5O4S2. The number of nitrogens with one attached hydrogen (secondary N) is 2.